The average Bonchev–Trinajstić information content (AvgIpc) is 2.54. The number of hydrogen-bond donors (Lipinski definition) is 0. The predicted octanol–water partition coefficient (Wildman–Crippen LogP) is 3.65. The molecular weight excluding hydrogens is 352 g/mol. The van der Waals surface area contributed by atoms with Crippen molar-refractivity contribution >= 4 is 27.7 Å². The molecule has 0 unspecified atom stereocenters. The van der Waals surface area contributed by atoms with E-state index in [2.05, 4.69) is 22.0 Å². The Hall–Kier alpha value is -1.89. The summed E-state index contributed by atoms with van der Waals surface area (Å²) < 4.78 is 5.25. The molecule has 1 aromatic rings. The maximum absolute atomic E-state index is 12.0. The van der Waals surface area contributed by atoms with Gasteiger partial charge in [-0.3, -0.25) is 10.1 Å². The van der Waals surface area contributed by atoms with Gasteiger partial charge in [-0.25, -0.2) is 4.79 Å². The molecule has 1 amide bonds. The molecule has 1 fully saturated rings. The zero-order chi connectivity index (χ0) is 15.9. The number of hydrogen-bond acceptors (Lipinski definition) is 4. The topological polar surface area (TPSA) is 72.7 Å². The minimum absolute atomic E-state index is 0.0252. The van der Waals surface area contributed by atoms with E-state index in [4.69, 9.17) is 4.74 Å². The largest absolute Gasteiger partial charge is 0.445 e. The minimum atomic E-state index is -0.457. The molecule has 0 aromatic heterocycles. The molecule has 7 heteroatoms. The number of carbonyl (C=O) groups excluding carboxylic acids is 1. The van der Waals surface area contributed by atoms with Gasteiger partial charge < -0.3 is 9.64 Å². The van der Waals surface area contributed by atoms with Crippen molar-refractivity contribution < 1.29 is 14.5 Å². The average molecular weight is 369 g/mol. The molecule has 0 bridgehead atoms. The summed E-state index contributed by atoms with van der Waals surface area (Å²) >= 11 is 3.37. The number of nitrogens with zero attached hydrogens (tertiary/aromatic N) is 2. The van der Waals surface area contributed by atoms with Gasteiger partial charge in [-0.15, -0.1) is 0 Å². The minimum Gasteiger partial charge on any atom is -0.445 e. The third-order valence-electron chi connectivity index (χ3n) is 3.54. The van der Waals surface area contributed by atoms with Crippen molar-refractivity contribution in [3.8, 4) is 0 Å². The van der Waals surface area contributed by atoms with Crippen LogP contribution in [0.3, 0.4) is 0 Å². The van der Waals surface area contributed by atoms with Crippen molar-refractivity contribution in [2.24, 2.45) is 0 Å². The van der Waals surface area contributed by atoms with Crippen LogP contribution < -0.4 is 0 Å². The van der Waals surface area contributed by atoms with Crippen LogP contribution in [0.25, 0.3) is 0 Å². The first-order valence-corrected chi connectivity index (χ1v) is 8.11. The first kappa shape index (κ1) is 16.5. The lowest BCUT2D eigenvalue weighted by molar-refractivity contribution is -0.384. The van der Waals surface area contributed by atoms with E-state index in [1.807, 2.05) is 0 Å². The smallest absolute Gasteiger partial charge is 0.410 e. The van der Waals surface area contributed by atoms with Crippen LogP contribution >= 0.6 is 15.9 Å². The number of alkyl halides is 1. The monoisotopic (exact) mass is 368 g/mol. The second-order valence-electron chi connectivity index (χ2n) is 4.98. The fraction of sp³-hybridized carbons (Fsp3) is 0.400. The standard InChI is InChI=1S/C15H17BrN2O4/c16-8-5-12-6-9-17(10-7-12)15(19)22-11-13-1-3-14(4-2-13)18(20)21/h1-5H,6-11H2. The van der Waals surface area contributed by atoms with Crippen LogP contribution in [0.5, 0.6) is 0 Å². The number of ether oxygens (including phenoxy) is 1. The number of nitro groups is 1. The number of nitro benzene ring substituents is 1. The molecule has 6 nitrogen and oxygen atoms in total. The molecular formula is C15H17BrN2O4. The third-order valence-corrected chi connectivity index (χ3v) is 3.86. The zero-order valence-corrected chi connectivity index (χ0v) is 13.6. The Morgan fingerprint density at radius 1 is 1.32 bits per heavy atom. The van der Waals surface area contributed by atoms with Gasteiger partial charge in [0.2, 0.25) is 0 Å². The van der Waals surface area contributed by atoms with Crippen LogP contribution in [0.2, 0.25) is 0 Å². The molecule has 1 aromatic carbocycles. The van der Waals surface area contributed by atoms with E-state index in [9.17, 15) is 14.9 Å². The van der Waals surface area contributed by atoms with E-state index in [0.717, 1.165) is 23.7 Å². The number of allylic oxidation sites excluding steroid dienone is 1. The van der Waals surface area contributed by atoms with Gasteiger partial charge >= 0.3 is 6.09 Å². The van der Waals surface area contributed by atoms with Crippen LogP contribution in [0.4, 0.5) is 10.5 Å². The number of piperidine rings is 1. The summed E-state index contributed by atoms with van der Waals surface area (Å²) in [4.78, 5) is 23.8. The highest BCUT2D eigenvalue weighted by Gasteiger charge is 2.20. The highest BCUT2D eigenvalue weighted by molar-refractivity contribution is 9.09. The second-order valence-corrected chi connectivity index (χ2v) is 5.63. The lowest BCUT2D eigenvalue weighted by Gasteiger charge is -2.27. The summed E-state index contributed by atoms with van der Waals surface area (Å²) in [6, 6.07) is 6.00. The lowest BCUT2D eigenvalue weighted by Crippen LogP contribution is -2.36. The van der Waals surface area contributed by atoms with E-state index in [0.29, 0.717) is 13.1 Å². The van der Waals surface area contributed by atoms with E-state index in [-0.39, 0.29) is 18.4 Å². The van der Waals surface area contributed by atoms with E-state index in [1.54, 1.807) is 17.0 Å². The van der Waals surface area contributed by atoms with Crippen molar-refractivity contribution in [1.29, 1.82) is 0 Å². The van der Waals surface area contributed by atoms with Crippen LogP contribution in [0.1, 0.15) is 18.4 Å². The first-order chi connectivity index (χ1) is 10.6. The molecule has 1 aliphatic rings. The molecule has 1 saturated heterocycles. The molecule has 118 valence electrons. The molecule has 2 rings (SSSR count). The number of benzene rings is 1. The SMILES string of the molecule is O=C(OCc1ccc([N+](=O)[O-])cc1)N1CCC(=CCBr)CC1. The van der Waals surface area contributed by atoms with Gasteiger partial charge in [0, 0.05) is 30.6 Å². The van der Waals surface area contributed by atoms with Crippen LogP contribution in [-0.2, 0) is 11.3 Å². The number of halogens is 1. The Balaban J connectivity index is 1.80. The Morgan fingerprint density at radius 2 is 1.95 bits per heavy atom. The lowest BCUT2D eigenvalue weighted by atomic mass is 10.0. The zero-order valence-electron chi connectivity index (χ0n) is 12.0. The molecule has 0 spiro atoms. The Morgan fingerprint density at radius 3 is 2.50 bits per heavy atom. The van der Waals surface area contributed by atoms with E-state index in [1.165, 1.54) is 17.7 Å². The fourth-order valence-electron chi connectivity index (χ4n) is 2.24. The summed E-state index contributed by atoms with van der Waals surface area (Å²) in [5.74, 6) is 0. The number of likely N-dealkylation sites (tertiary alicyclic amines) is 1. The number of carbonyl (C=O) groups is 1. The van der Waals surface area contributed by atoms with Crippen molar-refractivity contribution in [2.45, 2.75) is 19.4 Å². The normalized spacial score (nSPS) is 14.6. The van der Waals surface area contributed by atoms with E-state index >= 15 is 0 Å². The van der Waals surface area contributed by atoms with Crippen molar-refractivity contribution in [3.05, 3.63) is 51.6 Å². The fourth-order valence-corrected chi connectivity index (χ4v) is 2.70. The van der Waals surface area contributed by atoms with Gasteiger partial charge in [0.25, 0.3) is 5.69 Å². The maximum Gasteiger partial charge on any atom is 0.410 e. The van der Waals surface area contributed by atoms with Gasteiger partial charge in [0.05, 0.1) is 4.92 Å². The summed E-state index contributed by atoms with van der Waals surface area (Å²) in [7, 11) is 0. The van der Waals surface area contributed by atoms with Crippen molar-refractivity contribution in [3.63, 3.8) is 0 Å². The number of amides is 1. The summed E-state index contributed by atoms with van der Waals surface area (Å²) in [6.45, 7) is 1.45. The van der Waals surface area contributed by atoms with Gasteiger partial charge in [0.1, 0.15) is 6.61 Å². The summed E-state index contributed by atoms with van der Waals surface area (Å²) in [6.07, 6.45) is 3.55. The summed E-state index contributed by atoms with van der Waals surface area (Å²) in [5, 5.41) is 11.4. The number of rotatable bonds is 4. The van der Waals surface area contributed by atoms with Gasteiger partial charge in [-0.05, 0) is 30.5 Å². The van der Waals surface area contributed by atoms with Crippen LogP contribution in [0.15, 0.2) is 35.9 Å². The Kier molecular flexibility index (Phi) is 5.94. The van der Waals surface area contributed by atoms with Crippen LogP contribution in [0, 0.1) is 10.1 Å². The Labute approximate surface area is 137 Å². The van der Waals surface area contributed by atoms with Crippen molar-refractivity contribution in [1.82, 2.24) is 4.90 Å². The molecule has 1 aliphatic heterocycles. The third kappa shape index (κ3) is 4.56. The van der Waals surface area contributed by atoms with E-state index < -0.39 is 4.92 Å². The first-order valence-electron chi connectivity index (χ1n) is 6.99. The van der Waals surface area contributed by atoms with Gasteiger partial charge in [-0.2, -0.15) is 0 Å². The highest BCUT2D eigenvalue weighted by atomic mass is 79.9. The molecule has 0 N–H and O–H groups in total. The molecule has 0 radical (unpaired) electrons. The predicted molar refractivity (Wildman–Crippen MR) is 86.0 cm³/mol. The van der Waals surface area contributed by atoms with Crippen molar-refractivity contribution in [2.75, 3.05) is 18.4 Å². The highest BCUT2D eigenvalue weighted by Crippen LogP contribution is 2.18. The molecule has 22 heavy (non-hydrogen) atoms. The number of non-ortho nitro benzene ring substituents is 1. The molecule has 0 aliphatic carbocycles. The molecule has 1 heterocycles. The molecule has 0 saturated carbocycles. The van der Waals surface area contributed by atoms with Gasteiger partial charge in [-0.1, -0.05) is 27.6 Å². The van der Waals surface area contributed by atoms with Gasteiger partial charge in [0.15, 0.2) is 0 Å². The second kappa shape index (κ2) is 7.93. The quantitative estimate of drug-likeness (QED) is 0.352. The molecule has 0 atom stereocenters. The maximum atomic E-state index is 12.0. The Bertz CT molecular complexity index is 561. The summed E-state index contributed by atoms with van der Waals surface area (Å²) in [5.41, 5.74) is 2.12. The van der Waals surface area contributed by atoms with Crippen LogP contribution in [-0.4, -0.2) is 34.3 Å².